The minimum absolute atomic E-state index is 0. The Morgan fingerprint density at radius 1 is 1.36 bits per heavy atom. The van der Waals surface area contributed by atoms with Crippen molar-refractivity contribution in [3.05, 3.63) is 29.8 Å². The minimum Gasteiger partial charge on any atom is -0.493 e. The van der Waals surface area contributed by atoms with Crippen molar-refractivity contribution in [3.8, 4) is 5.75 Å². The van der Waals surface area contributed by atoms with Gasteiger partial charge in [0, 0.05) is 13.1 Å². The van der Waals surface area contributed by atoms with Crippen LogP contribution in [-0.2, 0) is 11.2 Å². The molecule has 0 aliphatic carbocycles. The third kappa shape index (κ3) is 6.24. The zero-order chi connectivity index (χ0) is 15.1. The van der Waals surface area contributed by atoms with Gasteiger partial charge in [0.2, 0.25) is 5.91 Å². The molecule has 0 bridgehead atoms. The highest BCUT2D eigenvalue weighted by Gasteiger charge is 2.21. The number of carbonyl (C=O) groups excluding carboxylic acids is 1. The Morgan fingerprint density at radius 2 is 2.09 bits per heavy atom. The predicted molar refractivity (Wildman–Crippen MR) is 91.7 cm³/mol. The largest absolute Gasteiger partial charge is 0.493 e. The van der Waals surface area contributed by atoms with E-state index in [-0.39, 0.29) is 24.2 Å². The fraction of sp³-hybridized carbons (Fsp3) is 0.588. The van der Waals surface area contributed by atoms with E-state index in [4.69, 9.17) is 4.74 Å². The van der Waals surface area contributed by atoms with Crippen LogP contribution >= 0.6 is 12.4 Å². The molecule has 1 aromatic carbocycles. The van der Waals surface area contributed by atoms with Crippen molar-refractivity contribution in [3.63, 3.8) is 0 Å². The highest BCUT2D eigenvalue weighted by atomic mass is 35.5. The molecule has 22 heavy (non-hydrogen) atoms. The maximum atomic E-state index is 11.9. The number of carbonyl (C=O) groups is 1. The summed E-state index contributed by atoms with van der Waals surface area (Å²) in [5, 5.41) is 6.23. The lowest BCUT2D eigenvalue weighted by molar-refractivity contribution is -0.124. The molecule has 1 amide bonds. The highest BCUT2D eigenvalue weighted by molar-refractivity contribution is 5.85. The van der Waals surface area contributed by atoms with Gasteiger partial charge in [-0.15, -0.1) is 12.4 Å². The first-order valence-corrected chi connectivity index (χ1v) is 7.85. The van der Waals surface area contributed by atoms with Gasteiger partial charge in [0.25, 0.3) is 0 Å². The van der Waals surface area contributed by atoms with Crippen LogP contribution in [0, 0.1) is 11.8 Å². The molecule has 1 atom stereocenters. The molecule has 0 aromatic heterocycles. The number of amides is 1. The molecule has 1 aliphatic heterocycles. The van der Waals surface area contributed by atoms with Gasteiger partial charge in [0.05, 0.1) is 12.5 Å². The van der Waals surface area contributed by atoms with Gasteiger partial charge in [-0.1, -0.05) is 26.0 Å². The van der Waals surface area contributed by atoms with Crippen molar-refractivity contribution < 1.29 is 9.53 Å². The first-order valence-electron chi connectivity index (χ1n) is 7.85. The molecule has 1 heterocycles. The Balaban J connectivity index is 0.00000242. The molecule has 1 aliphatic rings. The number of nitrogens with one attached hydrogen (secondary N) is 2. The van der Waals surface area contributed by atoms with Gasteiger partial charge in [-0.25, -0.2) is 0 Å². The summed E-state index contributed by atoms with van der Waals surface area (Å²) in [5.74, 6) is 1.77. The number of benzene rings is 1. The van der Waals surface area contributed by atoms with Gasteiger partial charge >= 0.3 is 0 Å². The lowest BCUT2D eigenvalue weighted by atomic mass is 10.1. The van der Waals surface area contributed by atoms with Crippen LogP contribution in [0.3, 0.4) is 0 Å². The number of ether oxygens (including phenoxy) is 1. The number of hydrogen-bond acceptors (Lipinski definition) is 3. The van der Waals surface area contributed by atoms with E-state index in [1.807, 2.05) is 12.1 Å². The molecule has 0 radical (unpaired) electrons. The van der Waals surface area contributed by atoms with Crippen LogP contribution in [0.25, 0.3) is 0 Å². The Kier molecular flexibility index (Phi) is 8.28. The Hall–Kier alpha value is -1.26. The molecule has 124 valence electrons. The smallest absolute Gasteiger partial charge is 0.224 e. The summed E-state index contributed by atoms with van der Waals surface area (Å²) in [6.07, 6.45) is 1.81. The maximum Gasteiger partial charge on any atom is 0.224 e. The van der Waals surface area contributed by atoms with Crippen LogP contribution < -0.4 is 15.4 Å². The van der Waals surface area contributed by atoms with Crippen LogP contribution in [0.2, 0.25) is 0 Å². The maximum absolute atomic E-state index is 11.9. The van der Waals surface area contributed by atoms with E-state index in [2.05, 4.69) is 36.6 Å². The van der Waals surface area contributed by atoms with Crippen molar-refractivity contribution in [2.45, 2.75) is 26.7 Å². The molecule has 0 spiro atoms. The Labute approximate surface area is 139 Å². The second-order valence-electron chi connectivity index (χ2n) is 6.08. The van der Waals surface area contributed by atoms with Gasteiger partial charge in [-0.3, -0.25) is 4.79 Å². The minimum atomic E-state index is 0. The molecule has 4 nitrogen and oxygen atoms in total. The van der Waals surface area contributed by atoms with Gasteiger partial charge in [-0.05, 0) is 43.0 Å². The summed E-state index contributed by atoms with van der Waals surface area (Å²) in [6.45, 7) is 7.48. The van der Waals surface area contributed by atoms with Crippen LogP contribution in [0.1, 0.15) is 25.8 Å². The molecule has 5 heteroatoms. The second kappa shape index (κ2) is 9.70. The summed E-state index contributed by atoms with van der Waals surface area (Å²) in [4.78, 5) is 11.9. The van der Waals surface area contributed by atoms with Crippen molar-refractivity contribution in [2.75, 3.05) is 26.2 Å². The fourth-order valence-electron chi connectivity index (χ4n) is 2.37. The van der Waals surface area contributed by atoms with Crippen LogP contribution in [0.15, 0.2) is 24.3 Å². The van der Waals surface area contributed by atoms with E-state index in [1.54, 1.807) is 0 Å². The first-order chi connectivity index (χ1) is 10.1. The second-order valence-corrected chi connectivity index (χ2v) is 6.08. The van der Waals surface area contributed by atoms with Gasteiger partial charge < -0.3 is 15.4 Å². The lowest BCUT2D eigenvalue weighted by Crippen LogP contribution is -2.33. The van der Waals surface area contributed by atoms with Crippen molar-refractivity contribution >= 4 is 18.3 Å². The Morgan fingerprint density at radius 3 is 2.68 bits per heavy atom. The molecular formula is C17H27ClN2O2. The normalized spacial score (nSPS) is 17.1. The lowest BCUT2D eigenvalue weighted by Gasteiger charge is -2.11. The van der Waals surface area contributed by atoms with Crippen molar-refractivity contribution in [2.24, 2.45) is 11.8 Å². The summed E-state index contributed by atoms with van der Waals surface area (Å²) in [5.41, 5.74) is 1.22. The molecule has 2 rings (SSSR count). The van der Waals surface area contributed by atoms with E-state index in [9.17, 15) is 4.79 Å². The predicted octanol–water partition coefficient (Wildman–Crippen LogP) is 2.41. The van der Waals surface area contributed by atoms with Crippen molar-refractivity contribution in [1.29, 1.82) is 0 Å². The van der Waals surface area contributed by atoms with Crippen molar-refractivity contribution in [1.82, 2.24) is 10.6 Å². The average Bonchev–Trinajstić information content (AvgIpc) is 3.00. The van der Waals surface area contributed by atoms with E-state index < -0.39 is 0 Å². The third-order valence-corrected chi connectivity index (χ3v) is 3.65. The molecule has 1 aromatic rings. The third-order valence-electron chi connectivity index (χ3n) is 3.65. The fourth-order valence-corrected chi connectivity index (χ4v) is 2.37. The van der Waals surface area contributed by atoms with E-state index >= 15 is 0 Å². The highest BCUT2D eigenvalue weighted by Crippen LogP contribution is 2.13. The topological polar surface area (TPSA) is 50.4 Å². The number of rotatable bonds is 7. The van der Waals surface area contributed by atoms with Crippen LogP contribution in [0.4, 0.5) is 0 Å². The summed E-state index contributed by atoms with van der Waals surface area (Å²) in [6, 6.07) is 8.14. The molecule has 0 saturated carbocycles. The van der Waals surface area contributed by atoms with Crippen LogP contribution in [0.5, 0.6) is 5.75 Å². The number of hydrogen-bond donors (Lipinski definition) is 2. The monoisotopic (exact) mass is 326 g/mol. The molecule has 1 fully saturated rings. The molecule has 1 unspecified atom stereocenters. The van der Waals surface area contributed by atoms with Crippen LogP contribution in [-0.4, -0.2) is 32.1 Å². The zero-order valence-electron chi connectivity index (χ0n) is 13.4. The standard InChI is InChI=1S/C17H26N2O2.ClH/c1-13(2)12-21-16-5-3-14(4-6-16)7-10-19-17(20)15-8-9-18-11-15;/h3-6,13,15,18H,7-12H2,1-2H3,(H,19,20);1H. The Bertz CT molecular complexity index is 442. The van der Waals surface area contributed by atoms with E-state index in [1.165, 1.54) is 5.56 Å². The summed E-state index contributed by atoms with van der Waals surface area (Å²) in [7, 11) is 0. The molecule has 1 saturated heterocycles. The SMILES string of the molecule is CC(C)COc1ccc(CCNC(=O)C2CCNC2)cc1.Cl. The van der Waals surface area contributed by atoms with Gasteiger partial charge in [0.15, 0.2) is 0 Å². The first kappa shape index (κ1) is 18.8. The summed E-state index contributed by atoms with van der Waals surface area (Å²) >= 11 is 0. The quantitative estimate of drug-likeness (QED) is 0.809. The van der Waals surface area contributed by atoms with Gasteiger partial charge in [0.1, 0.15) is 5.75 Å². The molecule has 2 N–H and O–H groups in total. The van der Waals surface area contributed by atoms with E-state index in [0.29, 0.717) is 12.5 Å². The zero-order valence-corrected chi connectivity index (χ0v) is 14.2. The summed E-state index contributed by atoms with van der Waals surface area (Å²) < 4.78 is 5.66. The number of halogens is 1. The van der Waals surface area contributed by atoms with E-state index in [0.717, 1.165) is 38.3 Å². The van der Waals surface area contributed by atoms with Gasteiger partial charge in [-0.2, -0.15) is 0 Å². The average molecular weight is 327 g/mol. The molecular weight excluding hydrogens is 300 g/mol.